The van der Waals surface area contributed by atoms with Crippen molar-refractivity contribution in [3.8, 4) is 0 Å². The summed E-state index contributed by atoms with van der Waals surface area (Å²) >= 11 is 5.39. The number of halogens is 3. The number of nitrogens with zero attached hydrogens (tertiary/aromatic N) is 1. The van der Waals surface area contributed by atoms with E-state index in [-0.39, 0.29) is 10.7 Å². The van der Waals surface area contributed by atoms with Crippen molar-refractivity contribution in [2.24, 2.45) is 0 Å². The predicted molar refractivity (Wildman–Crippen MR) is 42.9 cm³/mol. The molecule has 1 rings (SSSR count). The minimum Gasteiger partial charge on any atom is -0.241 e. The Labute approximate surface area is 78.6 Å². The van der Waals surface area contributed by atoms with E-state index in [0.29, 0.717) is 0 Å². The molecule has 0 N–H and O–H groups in total. The average Bonchev–Trinajstić information content (AvgIpc) is 1.94. The third-order valence-corrected chi connectivity index (χ3v) is 2.20. The van der Waals surface area contributed by atoms with Crippen LogP contribution in [0.2, 0.25) is 5.15 Å². The molecule has 0 aliphatic heterocycles. The van der Waals surface area contributed by atoms with Crippen molar-refractivity contribution in [3.05, 3.63) is 28.8 Å². The van der Waals surface area contributed by atoms with Gasteiger partial charge in [-0.25, -0.2) is 9.37 Å². The average molecular weight is 228 g/mol. The van der Waals surface area contributed by atoms with Crippen LogP contribution < -0.4 is 0 Å². The molecule has 0 spiro atoms. The molecule has 0 aliphatic carbocycles. The Morgan fingerprint density at radius 2 is 2.15 bits per heavy atom. The SMILES string of the molecule is O=S(=O)(F)Cc1cc(F)cnc1Cl. The maximum Gasteiger partial charge on any atom is 0.306 e. The second kappa shape index (κ2) is 3.55. The van der Waals surface area contributed by atoms with Crippen LogP contribution in [0, 0.1) is 5.82 Å². The highest BCUT2D eigenvalue weighted by atomic mass is 35.5. The van der Waals surface area contributed by atoms with Gasteiger partial charge in [0.25, 0.3) is 0 Å². The summed E-state index contributed by atoms with van der Waals surface area (Å²) in [5, 5.41) is -0.220. The van der Waals surface area contributed by atoms with E-state index < -0.39 is 21.8 Å². The molecule has 0 unspecified atom stereocenters. The lowest BCUT2D eigenvalue weighted by Gasteiger charge is -1.99. The quantitative estimate of drug-likeness (QED) is 0.570. The largest absolute Gasteiger partial charge is 0.306 e. The molecule has 7 heteroatoms. The minimum absolute atomic E-state index is 0.191. The number of hydrogen-bond donors (Lipinski definition) is 0. The highest BCUT2D eigenvalue weighted by Crippen LogP contribution is 2.17. The molecule has 0 amide bonds. The van der Waals surface area contributed by atoms with Crippen molar-refractivity contribution in [1.29, 1.82) is 0 Å². The number of hydrogen-bond acceptors (Lipinski definition) is 3. The molecule has 0 saturated heterocycles. The van der Waals surface area contributed by atoms with Crippen LogP contribution in [-0.4, -0.2) is 13.4 Å². The minimum atomic E-state index is -4.71. The summed E-state index contributed by atoms with van der Waals surface area (Å²) in [6.07, 6.45) is 0.816. The van der Waals surface area contributed by atoms with Gasteiger partial charge in [-0.05, 0) is 6.07 Å². The van der Waals surface area contributed by atoms with Crippen LogP contribution in [0.4, 0.5) is 8.28 Å². The summed E-state index contributed by atoms with van der Waals surface area (Å²) in [7, 11) is -4.71. The molecule has 0 atom stereocenters. The first-order valence-electron chi connectivity index (χ1n) is 3.11. The predicted octanol–water partition coefficient (Wildman–Crippen LogP) is 1.67. The van der Waals surface area contributed by atoms with Gasteiger partial charge in [0.15, 0.2) is 0 Å². The van der Waals surface area contributed by atoms with Gasteiger partial charge < -0.3 is 0 Å². The van der Waals surface area contributed by atoms with E-state index in [0.717, 1.165) is 12.3 Å². The number of rotatable bonds is 2. The van der Waals surface area contributed by atoms with E-state index in [4.69, 9.17) is 11.6 Å². The number of pyridine rings is 1. The fraction of sp³-hybridized carbons (Fsp3) is 0.167. The summed E-state index contributed by atoms with van der Waals surface area (Å²) < 4.78 is 45.0. The maximum absolute atomic E-state index is 12.5. The summed E-state index contributed by atoms with van der Waals surface area (Å²) in [4.78, 5) is 3.32. The lowest BCUT2D eigenvalue weighted by atomic mass is 10.3. The van der Waals surface area contributed by atoms with E-state index in [1.165, 1.54) is 0 Å². The van der Waals surface area contributed by atoms with Gasteiger partial charge in [0.2, 0.25) is 0 Å². The van der Waals surface area contributed by atoms with Gasteiger partial charge in [-0.3, -0.25) is 0 Å². The van der Waals surface area contributed by atoms with Crippen LogP contribution in [0.1, 0.15) is 5.56 Å². The lowest BCUT2D eigenvalue weighted by Crippen LogP contribution is -1.99. The van der Waals surface area contributed by atoms with Crippen LogP contribution in [0.5, 0.6) is 0 Å². The smallest absolute Gasteiger partial charge is 0.241 e. The molecule has 72 valence electrons. The highest BCUT2D eigenvalue weighted by molar-refractivity contribution is 7.85. The molecule has 0 fully saturated rings. The zero-order chi connectivity index (χ0) is 10.1. The van der Waals surface area contributed by atoms with Crippen LogP contribution in [0.15, 0.2) is 12.3 Å². The molecule has 1 aromatic rings. The number of aromatic nitrogens is 1. The molecule has 0 aliphatic rings. The topological polar surface area (TPSA) is 47.0 Å². The Morgan fingerprint density at radius 1 is 1.54 bits per heavy atom. The Kier molecular flexibility index (Phi) is 2.82. The molecule has 0 aromatic carbocycles. The van der Waals surface area contributed by atoms with Crippen molar-refractivity contribution in [2.75, 3.05) is 0 Å². The normalized spacial score (nSPS) is 11.6. The van der Waals surface area contributed by atoms with Gasteiger partial charge in [0.05, 0.1) is 6.20 Å². The first-order chi connectivity index (χ1) is 5.88. The Bertz CT molecular complexity index is 421. The van der Waals surface area contributed by atoms with Gasteiger partial charge >= 0.3 is 10.2 Å². The van der Waals surface area contributed by atoms with Crippen molar-refractivity contribution in [2.45, 2.75) is 5.75 Å². The van der Waals surface area contributed by atoms with Crippen molar-refractivity contribution >= 4 is 21.8 Å². The maximum atomic E-state index is 12.5. The van der Waals surface area contributed by atoms with Gasteiger partial charge in [0.1, 0.15) is 16.7 Å². The molecule has 1 heterocycles. The van der Waals surface area contributed by atoms with Crippen molar-refractivity contribution < 1.29 is 16.7 Å². The van der Waals surface area contributed by atoms with Crippen LogP contribution in [0.3, 0.4) is 0 Å². The molecule has 0 radical (unpaired) electrons. The Hall–Kier alpha value is -0.750. The first-order valence-corrected chi connectivity index (χ1v) is 5.04. The third kappa shape index (κ3) is 3.23. The highest BCUT2D eigenvalue weighted by Gasteiger charge is 2.13. The van der Waals surface area contributed by atoms with Crippen molar-refractivity contribution in [3.63, 3.8) is 0 Å². The van der Waals surface area contributed by atoms with Crippen LogP contribution in [0.25, 0.3) is 0 Å². The fourth-order valence-electron chi connectivity index (χ4n) is 0.751. The molecule has 13 heavy (non-hydrogen) atoms. The second-order valence-electron chi connectivity index (χ2n) is 2.29. The third-order valence-electron chi connectivity index (χ3n) is 1.21. The zero-order valence-electron chi connectivity index (χ0n) is 6.17. The first kappa shape index (κ1) is 10.3. The summed E-state index contributed by atoms with van der Waals surface area (Å²) in [5.41, 5.74) is -0.191. The summed E-state index contributed by atoms with van der Waals surface area (Å²) in [6.45, 7) is 0. The lowest BCUT2D eigenvalue weighted by molar-refractivity contribution is 0.550. The van der Waals surface area contributed by atoms with Crippen LogP contribution >= 0.6 is 11.6 Å². The van der Waals surface area contributed by atoms with Gasteiger partial charge in [-0.2, -0.15) is 8.42 Å². The van der Waals surface area contributed by atoms with Crippen molar-refractivity contribution in [1.82, 2.24) is 4.98 Å². The van der Waals surface area contributed by atoms with E-state index in [1.54, 1.807) is 0 Å². The molecule has 3 nitrogen and oxygen atoms in total. The fourth-order valence-corrected chi connectivity index (χ4v) is 1.59. The van der Waals surface area contributed by atoms with E-state index in [9.17, 15) is 16.7 Å². The standard InChI is InChI=1S/C6H4ClF2NO2S/c7-6-4(3-13(9,11)12)1-5(8)2-10-6/h1-2H,3H2. The molecular formula is C6H4ClF2NO2S. The zero-order valence-corrected chi connectivity index (χ0v) is 7.74. The molecular weight excluding hydrogens is 224 g/mol. The molecule has 0 saturated carbocycles. The monoisotopic (exact) mass is 227 g/mol. The molecule has 1 aromatic heterocycles. The van der Waals surface area contributed by atoms with E-state index >= 15 is 0 Å². The van der Waals surface area contributed by atoms with E-state index in [1.807, 2.05) is 0 Å². The van der Waals surface area contributed by atoms with Gasteiger partial charge in [-0.15, -0.1) is 3.89 Å². The molecule has 0 bridgehead atoms. The van der Waals surface area contributed by atoms with Crippen LogP contribution in [-0.2, 0) is 16.0 Å². The second-order valence-corrected chi connectivity index (χ2v) is 4.01. The summed E-state index contributed by atoms with van der Waals surface area (Å²) in [5.74, 6) is -1.72. The van der Waals surface area contributed by atoms with E-state index in [2.05, 4.69) is 4.98 Å². The Morgan fingerprint density at radius 3 is 2.69 bits per heavy atom. The van der Waals surface area contributed by atoms with Gasteiger partial charge in [-0.1, -0.05) is 11.6 Å². The Balaban J connectivity index is 3.08. The summed E-state index contributed by atoms with van der Waals surface area (Å²) in [6, 6.07) is 0.826. The van der Waals surface area contributed by atoms with Gasteiger partial charge in [0, 0.05) is 5.56 Å².